The van der Waals surface area contributed by atoms with Crippen molar-refractivity contribution in [2.75, 3.05) is 29.9 Å². The van der Waals surface area contributed by atoms with E-state index in [9.17, 15) is 0 Å². The number of benzene rings is 1. The average Bonchev–Trinajstić information content (AvgIpc) is 2.83. The van der Waals surface area contributed by atoms with Crippen molar-refractivity contribution in [1.29, 1.82) is 0 Å². The van der Waals surface area contributed by atoms with Gasteiger partial charge in [0.05, 0.1) is 0 Å². The Morgan fingerprint density at radius 1 is 0.903 bits per heavy atom. The molecule has 1 saturated heterocycles. The standard InChI is InChI=1S/C25H32N6/c1-20(2)30-17-11-24(12-18-30)31(25-27-13-4-14-28-25)19-21-5-7-22(8-6-21)29(3)23-9-15-26-16-10-23/h4-10,13-16,20,24H,11-12,17-19H2,1-3H3. The highest BCUT2D eigenvalue weighted by atomic mass is 15.3. The fourth-order valence-corrected chi connectivity index (χ4v) is 4.25. The summed E-state index contributed by atoms with van der Waals surface area (Å²) >= 11 is 0. The summed E-state index contributed by atoms with van der Waals surface area (Å²) in [4.78, 5) is 20.4. The monoisotopic (exact) mass is 416 g/mol. The van der Waals surface area contributed by atoms with Gasteiger partial charge in [-0.1, -0.05) is 12.1 Å². The van der Waals surface area contributed by atoms with Crippen LogP contribution in [0.4, 0.5) is 17.3 Å². The number of pyridine rings is 1. The lowest BCUT2D eigenvalue weighted by Gasteiger charge is -2.40. The van der Waals surface area contributed by atoms with Crippen LogP contribution >= 0.6 is 0 Å². The molecule has 3 aromatic rings. The molecule has 1 aliphatic rings. The first-order valence-corrected chi connectivity index (χ1v) is 11.1. The summed E-state index contributed by atoms with van der Waals surface area (Å²) in [5, 5.41) is 0. The highest BCUT2D eigenvalue weighted by molar-refractivity contribution is 5.62. The minimum Gasteiger partial charge on any atom is -0.345 e. The number of aromatic nitrogens is 3. The zero-order valence-electron chi connectivity index (χ0n) is 18.7. The van der Waals surface area contributed by atoms with E-state index in [4.69, 9.17) is 0 Å². The first-order chi connectivity index (χ1) is 15.1. The minimum atomic E-state index is 0.455. The molecule has 4 rings (SSSR count). The van der Waals surface area contributed by atoms with Crippen LogP contribution in [-0.4, -0.2) is 52.1 Å². The van der Waals surface area contributed by atoms with Gasteiger partial charge in [0.1, 0.15) is 0 Å². The van der Waals surface area contributed by atoms with Gasteiger partial charge >= 0.3 is 0 Å². The Morgan fingerprint density at radius 3 is 2.13 bits per heavy atom. The summed E-state index contributed by atoms with van der Waals surface area (Å²) in [6.45, 7) is 7.63. The van der Waals surface area contributed by atoms with E-state index in [-0.39, 0.29) is 0 Å². The summed E-state index contributed by atoms with van der Waals surface area (Å²) in [7, 11) is 2.08. The van der Waals surface area contributed by atoms with Gasteiger partial charge < -0.3 is 14.7 Å². The van der Waals surface area contributed by atoms with Crippen molar-refractivity contribution in [3.05, 3.63) is 72.8 Å². The molecule has 0 atom stereocenters. The molecule has 31 heavy (non-hydrogen) atoms. The summed E-state index contributed by atoms with van der Waals surface area (Å²) < 4.78 is 0. The molecule has 162 valence electrons. The molecule has 6 nitrogen and oxygen atoms in total. The Bertz CT molecular complexity index is 921. The van der Waals surface area contributed by atoms with E-state index in [1.807, 2.05) is 43.0 Å². The quantitative estimate of drug-likeness (QED) is 0.564. The lowest BCUT2D eigenvalue weighted by molar-refractivity contribution is 0.169. The number of likely N-dealkylation sites (tertiary alicyclic amines) is 1. The summed E-state index contributed by atoms with van der Waals surface area (Å²) in [5.74, 6) is 0.823. The molecule has 1 fully saturated rings. The van der Waals surface area contributed by atoms with Gasteiger partial charge in [-0.05, 0) is 62.6 Å². The summed E-state index contributed by atoms with van der Waals surface area (Å²) in [6, 6.07) is 15.8. The predicted molar refractivity (Wildman–Crippen MR) is 127 cm³/mol. The molecule has 0 aliphatic carbocycles. The zero-order valence-corrected chi connectivity index (χ0v) is 18.7. The molecule has 1 aliphatic heterocycles. The van der Waals surface area contributed by atoms with E-state index in [1.54, 1.807) is 0 Å². The van der Waals surface area contributed by atoms with Gasteiger partial charge in [0.25, 0.3) is 0 Å². The second-order valence-electron chi connectivity index (χ2n) is 8.47. The molecular formula is C25H32N6. The topological polar surface area (TPSA) is 48.4 Å². The molecule has 0 saturated carbocycles. The van der Waals surface area contributed by atoms with E-state index in [1.165, 1.54) is 5.56 Å². The molecule has 1 aromatic carbocycles. The Labute approximate surface area is 185 Å². The predicted octanol–water partition coefficient (Wildman–Crippen LogP) is 4.52. The summed E-state index contributed by atoms with van der Waals surface area (Å²) in [6.07, 6.45) is 9.60. The van der Waals surface area contributed by atoms with Gasteiger partial charge in [-0.2, -0.15) is 0 Å². The Hall–Kier alpha value is -2.99. The number of hydrogen-bond acceptors (Lipinski definition) is 6. The van der Waals surface area contributed by atoms with Gasteiger partial charge in [0.15, 0.2) is 0 Å². The third kappa shape index (κ3) is 5.20. The van der Waals surface area contributed by atoms with Crippen LogP contribution in [0.15, 0.2) is 67.3 Å². The number of nitrogens with zero attached hydrogens (tertiary/aromatic N) is 6. The lowest BCUT2D eigenvalue weighted by atomic mass is 10.0. The SMILES string of the molecule is CC(C)N1CCC(N(Cc2ccc(N(C)c3ccncc3)cc2)c2ncccn2)CC1. The Balaban J connectivity index is 1.49. The molecule has 0 amide bonds. The van der Waals surface area contributed by atoms with E-state index in [0.29, 0.717) is 12.1 Å². The van der Waals surface area contributed by atoms with Crippen molar-refractivity contribution in [2.45, 2.75) is 45.3 Å². The molecule has 3 heterocycles. The number of piperidine rings is 1. The fraction of sp³-hybridized carbons (Fsp3) is 0.400. The normalized spacial score (nSPS) is 15.2. The van der Waals surface area contributed by atoms with E-state index in [0.717, 1.165) is 49.8 Å². The Morgan fingerprint density at radius 2 is 1.52 bits per heavy atom. The highest BCUT2D eigenvalue weighted by Crippen LogP contribution is 2.26. The van der Waals surface area contributed by atoms with E-state index < -0.39 is 0 Å². The van der Waals surface area contributed by atoms with Crippen molar-refractivity contribution in [3.8, 4) is 0 Å². The van der Waals surface area contributed by atoms with Gasteiger partial charge in [-0.15, -0.1) is 0 Å². The maximum Gasteiger partial charge on any atom is 0.225 e. The molecule has 0 radical (unpaired) electrons. The van der Waals surface area contributed by atoms with E-state index in [2.05, 4.69) is 74.8 Å². The smallest absolute Gasteiger partial charge is 0.225 e. The maximum absolute atomic E-state index is 4.58. The van der Waals surface area contributed by atoms with E-state index >= 15 is 0 Å². The Kier molecular flexibility index (Phi) is 6.77. The second-order valence-corrected chi connectivity index (χ2v) is 8.47. The van der Waals surface area contributed by atoms with Crippen LogP contribution in [0.5, 0.6) is 0 Å². The van der Waals surface area contributed by atoms with Gasteiger partial charge in [-0.25, -0.2) is 9.97 Å². The molecule has 0 unspecified atom stereocenters. The first-order valence-electron chi connectivity index (χ1n) is 11.1. The van der Waals surface area contributed by atoms with Crippen LogP contribution in [0, 0.1) is 0 Å². The zero-order chi connectivity index (χ0) is 21.6. The van der Waals surface area contributed by atoms with Crippen molar-refractivity contribution < 1.29 is 0 Å². The second kappa shape index (κ2) is 9.88. The van der Waals surface area contributed by atoms with Gasteiger partial charge in [0.2, 0.25) is 5.95 Å². The van der Waals surface area contributed by atoms with Crippen LogP contribution in [0.3, 0.4) is 0 Å². The fourth-order valence-electron chi connectivity index (χ4n) is 4.25. The summed E-state index contributed by atoms with van der Waals surface area (Å²) in [5.41, 5.74) is 3.55. The van der Waals surface area contributed by atoms with Crippen LogP contribution in [0.25, 0.3) is 0 Å². The first kappa shape index (κ1) is 21.2. The highest BCUT2D eigenvalue weighted by Gasteiger charge is 2.27. The average molecular weight is 417 g/mol. The lowest BCUT2D eigenvalue weighted by Crippen LogP contribution is -2.47. The molecular weight excluding hydrogens is 384 g/mol. The number of anilines is 3. The number of rotatable bonds is 7. The molecule has 2 aromatic heterocycles. The third-order valence-corrected chi connectivity index (χ3v) is 6.21. The number of hydrogen-bond donors (Lipinski definition) is 0. The largest absolute Gasteiger partial charge is 0.345 e. The molecule has 0 N–H and O–H groups in total. The molecule has 0 bridgehead atoms. The van der Waals surface area contributed by atoms with Crippen molar-refractivity contribution >= 4 is 17.3 Å². The van der Waals surface area contributed by atoms with Crippen molar-refractivity contribution in [3.63, 3.8) is 0 Å². The van der Waals surface area contributed by atoms with Gasteiger partial charge in [0, 0.05) is 74.9 Å². The van der Waals surface area contributed by atoms with Crippen molar-refractivity contribution in [1.82, 2.24) is 19.9 Å². The minimum absolute atomic E-state index is 0.455. The molecule has 0 spiro atoms. The third-order valence-electron chi connectivity index (χ3n) is 6.21. The van der Waals surface area contributed by atoms with Crippen molar-refractivity contribution in [2.24, 2.45) is 0 Å². The van der Waals surface area contributed by atoms with Crippen LogP contribution in [0.2, 0.25) is 0 Å². The maximum atomic E-state index is 4.58. The van der Waals surface area contributed by atoms with Crippen LogP contribution in [0.1, 0.15) is 32.3 Å². The van der Waals surface area contributed by atoms with Crippen LogP contribution in [-0.2, 0) is 6.54 Å². The van der Waals surface area contributed by atoms with Crippen LogP contribution < -0.4 is 9.80 Å². The van der Waals surface area contributed by atoms with Gasteiger partial charge in [-0.3, -0.25) is 4.98 Å². The molecule has 6 heteroatoms.